The zero-order chi connectivity index (χ0) is 19.3. The second-order valence-electron chi connectivity index (χ2n) is 5.91. The van der Waals surface area contributed by atoms with Crippen LogP contribution in [-0.2, 0) is 6.42 Å². The molecule has 0 spiro atoms. The SMILES string of the molecule is CCN(C(=O)c1ccc([N+](=O)[O-])cc1Cl)C(C)Cc1ccc(OC)cc1. The van der Waals surface area contributed by atoms with Crippen molar-refractivity contribution in [2.45, 2.75) is 26.3 Å². The van der Waals surface area contributed by atoms with Crippen molar-refractivity contribution in [2.75, 3.05) is 13.7 Å². The highest BCUT2D eigenvalue weighted by molar-refractivity contribution is 6.34. The Kier molecular flexibility index (Phi) is 6.58. The molecule has 6 nitrogen and oxygen atoms in total. The van der Waals surface area contributed by atoms with Crippen LogP contribution in [0.25, 0.3) is 0 Å². The number of hydrogen-bond donors (Lipinski definition) is 0. The molecule has 1 amide bonds. The zero-order valence-electron chi connectivity index (χ0n) is 14.9. The van der Waals surface area contributed by atoms with Crippen molar-refractivity contribution in [3.63, 3.8) is 0 Å². The van der Waals surface area contributed by atoms with E-state index in [1.54, 1.807) is 12.0 Å². The minimum absolute atomic E-state index is 0.0628. The van der Waals surface area contributed by atoms with Crippen LogP contribution in [-0.4, -0.2) is 35.4 Å². The van der Waals surface area contributed by atoms with Gasteiger partial charge in [-0.3, -0.25) is 14.9 Å². The van der Waals surface area contributed by atoms with E-state index >= 15 is 0 Å². The molecule has 2 rings (SSSR count). The van der Waals surface area contributed by atoms with Crippen molar-refractivity contribution in [3.05, 3.63) is 68.7 Å². The number of benzene rings is 2. The lowest BCUT2D eigenvalue weighted by molar-refractivity contribution is -0.384. The highest BCUT2D eigenvalue weighted by Gasteiger charge is 2.23. The molecule has 1 atom stereocenters. The van der Waals surface area contributed by atoms with Crippen LogP contribution in [0.3, 0.4) is 0 Å². The van der Waals surface area contributed by atoms with E-state index in [2.05, 4.69) is 0 Å². The third-order valence-electron chi connectivity index (χ3n) is 4.22. The molecule has 0 aliphatic rings. The Morgan fingerprint density at radius 2 is 1.92 bits per heavy atom. The van der Waals surface area contributed by atoms with Crippen LogP contribution < -0.4 is 4.74 Å². The first-order chi connectivity index (χ1) is 12.4. The number of rotatable bonds is 7. The molecule has 0 N–H and O–H groups in total. The average Bonchev–Trinajstić information content (AvgIpc) is 2.62. The fraction of sp³-hybridized carbons (Fsp3) is 0.316. The van der Waals surface area contributed by atoms with Crippen LogP contribution in [0.1, 0.15) is 29.8 Å². The Balaban J connectivity index is 2.17. The number of methoxy groups -OCH3 is 1. The summed E-state index contributed by atoms with van der Waals surface area (Å²) >= 11 is 6.10. The van der Waals surface area contributed by atoms with Crippen molar-refractivity contribution in [1.82, 2.24) is 4.90 Å². The fourth-order valence-corrected chi connectivity index (χ4v) is 3.07. The smallest absolute Gasteiger partial charge is 0.270 e. The van der Waals surface area contributed by atoms with Gasteiger partial charge in [-0.1, -0.05) is 23.7 Å². The summed E-state index contributed by atoms with van der Waals surface area (Å²) in [6.07, 6.45) is 0.675. The van der Waals surface area contributed by atoms with Crippen molar-refractivity contribution in [2.24, 2.45) is 0 Å². The number of nitro benzene ring substituents is 1. The summed E-state index contributed by atoms with van der Waals surface area (Å²) in [6.45, 7) is 4.36. The molecule has 1 unspecified atom stereocenters. The molecule has 0 heterocycles. The second kappa shape index (κ2) is 8.67. The van der Waals surface area contributed by atoms with Crippen LogP contribution in [0.15, 0.2) is 42.5 Å². The van der Waals surface area contributed by atoms with Gasteiger partial charge in [-0.05, 0) is 44.0 Å². The van der Waals surface area contributed by atoms with E-state index in [1.165, 1.54) is 18.2 Å². The molecule has 7 heteroatoms. The van der Waals surface area contributed by atoms with E-state index in [1.807, 2.05) is 38.1 Å². The van der Waals surface area contributed by atoms with Gasteiger partial charge < -0.3 is 9.64 Å². The van der Waals surface area contributed by atoms with Gasteiger partial charge in [0.25, 0.3) is 11.6 Å². The maximum absolute atomic E-state index is 12.9. The largest absolute Gasteiger partial charge is 0.497 e. The Hall–Kier alpha value is -2.60. The third kappa shape index (κ3) is 4.52. The zero-order valence-corrected chi connectivity index (χ0v) is 15.7. The topological polar surface area (TPSA) is 72.7 Å². The molecule has 0 bridgehead atoms. The van der Waals surface area contributed by atoms with E-state index in [0.717, 1.165) is 11.3 Å². The molecule has 0 fully saturated rings. The number of amides is 1. The third-order valence-corrected chi connectivity index (χ3v) is 4.53. The molecule has 2 aromatic carbocycles. The summed E-state index contributed by atoms with van der Waals surface area (Å²) in [7, 11) is 1.61. The quantitative estimate of drug-likeness (QED) is 0.532. The summed E-state index contributed by atoms with van der Waals surface area (Å²) in [4.78, 5) is 24.9. The Labute approximate surface area is 157 Å². The van der Waals surface area contributed by atoms with Crippen molar-refractivity contribution < 1.29 is 14.5 Å². The lowest BCUT2D eigenvalue weighted by Crippen LogP contribution is -2.39. The number of carbonyl (C=O) groups excluding carboxylic acids is 1. The maximum Gasteiger partial charge on any atom is 0.270 e. The molecular formula is C19H21ClN2O4. The first kappa shape index (κ1) is 19.7. The molecule has 0 saturated heterocycles. The summed E-state index contributed by atoms with van der Waals surface area (Å²) in [5, 5.41) is 10.9. The maximum atomic E-state index is 12.9. The molecule has 0 aliphatic carbocycles. The van der Waals surface area contributed by atoms with E-state index in [-0.39, 0.29) is 28.2 Å². The lowest BCUT2D eigenvalue weighted by atomic mass is 10.0. The first-order valence-corrected chi connectivity index (χ1v) is 8.63. The minimum Gasteiger partial charge on any atom is -0.497 e. The highest BCUT2D eigenvalue weighted by atomic mass is 35.5. The van der Waals surface area contributed by atoms with E-state index in [4.69, 9.17) is 16.3 Å². The molecule has 0 radical (unpaired) electrons. The Bertz CT molecular complexity index is 793. The molecule has 0 aromatic heterocycles. The van der Waals surface area contributed by atoms with Crippen molar-refractivity contribution >= 4 is 23.2 Å². The molecule has 26 heavy (non-hydrogen) atoms. The number of nitrogens with zero attached hydrogens (tertiary/aromatic N) is 2. The molecular weight excluding hydrogens is 356 g/mol. The minimum atomic E-state index is -0.538. The fourth-order valence-electron chi connectivity index (χ4n) is 2.81. The van der Waals surface area contributed by atoms with Crippen molar-refractivity contribution in [1.29, 1.82) is 0 Å². The normalized spacial score (nSPS) is 11.7. The molecule has 2 aromatic rings. The van der Waals surface area contributed by atoms with Crippen molar-refractivity contribution in [3.8, 4) is 5.75 Å². The van der Waals surface area contributed by atoms with Crippen LogP contribution >= 0.6 is 11.6 Å². The van der Waals surface area contributed by atoms with Gasteiger partial charge in [0.2, 0.25) is 0 Å². The number of halogens is 1. The van der Waals surface area contributed by atoms with Crippen LogP contribution in [0.4, 0.5) is 5.69 Å². The number of non-ortho nitro benzene ring substituents is 1. The van der Waals surface area contributed by atoms with Crippen LogP contribution in [0.2, 0.25) is 5.02 Å². The highest BCUT2D eigenvalue weighted by Crippen LogP contribution is 2.25. The van der Waals surface area contributed by atoms with Gasteiger partial charge in [0.15, 0.2) is 0 Å². The Morgan fingerprint density at radius 1 is 1.27 bits per heavy atom. The average molecular weight is 377 g/mol. The number of carbonyl (C=O) groups is 1. The van der Waals surface area contributed by atoms with E-state index in [0.29, 0.717) is 13.0 Å². The summed E-state index contributed by atoms with van der Waals surface area (Å²) in [5.74, 6) is 0.538. The van der Waals surface area contributed by atoms with E-state index < -0.39 is 4.92 Å². The molecule has 0 saturated carbocycles. The van der Waals surface area contributed by atoms with Gasteiger partial charge in [0.1, 0.15) is 5.75 Å². The molecule has 138 valence electrons. The summed E-state index contributed by atoms with van der Waals surface area (Å²) in [5.41, 5.74) is 1.21. The number of likely N-dealkylation sites (N-methyl/N-ethyl adjacent to an activating group) is 1. The predicted octanol–water partition coefficient (Wildman–Crippen LogP) is 4.35. The van der Waals surface area contributed by atoms with Crippen LogP contribution in [0, 0.1) is 10.1 Å². The van der Waals surface area contributed by atoms with Crippen LogP contribution in [0.5, 0.6) is 5.75 Å². The molecule has 0 aliphatic heterocycles. The van der Waals surface area contributed by atoms with Gasteiger partial charge in [0.05, 0.1) is 22.6 Å². The van der Waals surface area contributed by atoms with Gasteiger partial charge in [-0.15, -0.1) is 0 Å². The van der Waals surface area contributed by atoms with Gasteiger partial charge in [0, 0.05) is 24.7 Å². The second-order valence-corrected chi connectivity index (χ2v) is 6.32. The summed E-state index contributed by atoms with van der Waals surface area (Å²) < 4.78 is 5.15. The lowest BCUT2D eigenvalue weighted by Gasteiger charge is -2.28. The summed E-state index contributed by atoms with van der Waals surface area (Å²) in [6, 6.07) is 11.5. The number of nitro groups is 1. The van der Waals surface area contributed by atoms with Gasteiger partial charge >= 0.3 is 0 Å². The number of hydrogen-bond acceptors (Lipinski definition) is 4. The van der Waals surface area contributed by atoms with Gasteiger partial charge in [-0.25, -0.2) is 0 Å². The monoisotopic (exact) mass is 376 g/mol. The predicted molar refractivity (Wildman–Crippen MR) is 101 cm³/mol. The Morgan fingerprint density at radius 3 is 2.42 bits per heavy atom. The standard InChI is InChI=1S/C19H21ClN2O4/c1-4-21(13(2)11-14-5-8-16(26-3)9-6-14)19(23)17-10-7-15(22(24)25)12-18(17)20/h5-10,12-13H,4,11H2,1-3H3. The van der Waals surface area contributed by atoms with E-state index in [9.17, 15) is 14.9 Å². The first-order valence-electron chi connectivity index (χ1n) is 8.25. The number of ether oxygens (including phenoxy) is 1. The van der Waals surface area contributed by atoms with Gasteiger partial charge in [-0.2, -0.15) is 0 Å².